The fourth-order valence-electron chi connectivity index (χ4n) is 0.382. The summed E-state index contributed by atoms with van der Waals surface area (Å²) in [6.07, 6.45) is 5.14. The third kappa shape index (κ3) is 60.1. The van der Waals surface area contributed by atoms with Crippen LogP contribution in [0, 0.1) is 0 Å². The van der Waals surface area contributed by atoms with Crippen molar-refractivity contribution in [3.63, 3.8) is 0 Å². The molecule has 0 aromatic rings. The van der Waals surface area contributed by atoms with Crippen LogP contribution in [-0.4, -0.2) is 12.8 Å². The van der Waals surface area contributed by atoms with Crippen molar-refractivity contribution in [2.24, 2.45) is 5.16 Å². The second-order valence-corrected chi connectivity index (χ2v) is 2.89. The minimum absolute atomic E-state index is 0.535. The standard InChI is InChI=1S/C7H9Cl.C4H9NO.2C2H6/c1-6(2)4-5-7(3)8;1-3-5-6-4-2;2*1-2/h4-5H,1,3H2,2H3;3H,4H2,1-2H3;2*1-2H3/b5-4-;5-3+;;. The molecule has 0 rings (SSSR count). The zero-order valence-corrected chi connectivity index (χ0v) is 13.8. The molecule has 0 amide bonds. The molecular formula is C15H30ClNO. The normalized spacial score (nSPS) is 8.22. The second kappa shape index (κ2) is 29.7. The van der Waals surface area contributed by atoms with E-state index in [1.165, 1.54) is 0 Å². The van der Waals surface area contributed by atoms with E-state index in [0.717, 1.165) is 5.57 Å². The first kappa shape index (κ1) is 25.7. The van der Waals surface area contributed by atoms with Crippen LogP contribution < -0.4 is 0 Å². The zero-order chi connectivity index (χ0) is 15.4. The largest absolute Gasteiger partial charge is 0.396 e. The second-order valence-electron chi connectivity index (χ2n) is 2.41. The molecule has 0 radical (unpaired) electrons. The average Bonchev–Trinajstić information content (AvgIpc) is 2.39. The molecule has 0 saturated heterocycles. The highest BCUT2D eigenvalue weighted by Crippen LogP contribution is 2.00. The number of halogens is 1. The van der Waals surface area contributed by atoms with Gasteiger partial charge in [-0.2, -0.15) is 0 Å². The highest BCUT2D eigenvalue weighted by Gasteiger charge is 1.75. The molecule has 2 nitrogen and oxygen atoms in total. The minimum atomic E-state index is 0.535. The lowest BCUT2D eigenvalue weighted by Gasteiger charge is -1.84. The van der Waals surface area contributed by atoms with Crippen LogP contribution in [-0.2, 0) is 4.84 Å². The summed E-state index contributed by atoms with van der Waals surface area (Å²) in [4.78, 5) is 4.55. The Morgan fingerprint density at radius 3 is 1.72 bits per heavy atom. The predicted octanol–water partition coefficient (Wildman–Crippen LogP) is 5.95. The molecule has 108 valence electrons. The molecular weight excluding hydrogens is 246 g/mol. The van der Waals surface area contributed by atoms with Crippen LogP contribution in [0.5, 0.6) is 0 Å². The Kier molecular flexibility index (Phi) is 42.5. The first-order valence-electron chi connectivity index (χ1n) is 6.32. The van der Waals surface area contributed by atoms with E-state index in [-0.39, 0.29) is 0 Å². The number of hydrogen-bond acceptors (Lipinski definition) is 2. The molecule has 0 atom stereocenters. The smallest absolute Gasteiger partial charge is 0.114 e. The highest BCUT2D eigenvalue weighted by molar-refractivity contribution is 6.30. The van der Waals surface area contributed by atoms with Crippen molar-refractivity contribution in [1.82, 2.24) is 0 Å². The van der Waals surface area contributed by atoms with Gasteiger partial charge in [-0.05, 0) is 26.8 Å². The van der Waals surface area contributed by atoms with Crippen molar-refractivity contribution in [2.75, 3.05) is 6.61 Å². The zero-order valence-electron chi connectivity index (χ0n) is 13.1. The quantitative estimate of drug-likeness (QED) is 0.353. The van der Waals surface area contributed by atoms with Crippen LogP contribution in [0.1, 0.15) is 48.5 Å². The molecule has 0 heterocycles. The van der Waals surface area contributed by atoms with Crippen LogP contribution in [0.2, 0.25) is 0 Å². The number of hydrogen-bond donors (Lipinski definition) is 0. The van der Waals surface area contributed by atoms with Crippen LogP contribution in [0.3, 0.4) is 0 Å². The van der Waals surface area contributed by atoms with E-state index in [1.54, 1.807) is 12.3 Å². The summed E-state index contributed by atoms with van der Waals surface area (Å²) in [6.45, 7) is 21.4. The Morgan fingerprint density at radius 2 is 1.61 bits per heavy atom. The van der Waals surface area contributed by atoms with Gasteiger partial charge in [0, 0.05) is 11.2 Å². The van der Waals surface area contributed by atoms with Gasteiger partial charge in [-0.25, -0.2) is 0 Å². The summed E-state index contributed by atoms with van der Waals surface area (Å²) >= 11 is 5.40. The van der Waals surface area contributed by atoms with Crippen LogP contribution in [0.4, 0.5) is 0 Å². The maximum absolute atomic E-state index is 5.40. The molecule has 0 spiro atoms. The van der Waals surface area contributed by atoms with E-state index in [1.807, 2.05) is 54.5 Å². The highest BCUT2D eigenvalue weighted by atomic mass is 35.5. The lowest BCUT2D eigenvalue weighted by atomic mass is 10.3. The lowest BCUT2D eigenvalue weighted by Crippen LogP contribution is -1.75. The number of oxime groups is 1. The first-order valence-corrected chi connectivity index (χ1v) is 6.70. The molecule has 0 bridgehead atoms. The third-order valence-electron chi connectivity index (χ3n) is 0.858. The summed E-state index contributed by atoms with van der Waals surface area (Å²) in [7, 11) is 0. The van der Waals surface area contributed by atoms with E-state index in [2.05, 4.69) is 23.2 Å². The summed E-state index contributed by atoms with van der Waals surface area (Å²) in [6, 6.07) is 0. The summed E-state index contributed by atoms with van der Waals surface area (Å²) < 4.78 is 0. The van der Waals surface area contributed by atoms with Crippen molar-refractivity contribution in [1.29, 1.82) is 0 Å². The summed E-state index contributed by atoms with van der Waals surface area (Å²) in [5.74, 6) is 0. The molecule has 0 aliphatic heterocycles. The van der Waals surface area contributed by atoms with Gasteiger partial charge in [0.2, 0.25) is 0 Å². The van der Waals surface area contributed by atoms with Crippen LogP contribution >= 0.6 is 11.6 Å². The number of rotatable bonds is 4. The molecule has 18 heavy (non-hydrogen) atoms. The molecule has 0 saturated carbocycles. The minimum Gasteiger partial charge on any atom is -0.396 e. The molecule has 0 aliphatic rings. The van der Waals surface area contributed by atoms with Crippen LogP contribution in [0.25, 0.3) is 0 Å². The predicted molar refractivity (Wildman–Crippen MR) is 87.4 cm³/mol. The molecule has 3 heteroatoms. The SMILES string of the molecule is C/C=N/OCC.C=C(C)/C=C\C(=C)Cl.CC.CC. The van der Waals surface area contributed by atoms with Gasteiger partial charge < -0.3 is 4.84 Å². The fourth-order valence-corrected chi connectivity index (χ4v) is 0.445. The molecule has 0 aromatic carbocycles. The lowest BCUT2D eigenvalue weighted by molar-refractivity contribution is 0.160. The van der Waals surface area contributed by atoms with Gasteiger partial charge in [0.15, 0.2) is 0 Å². The van der Waals surface area contributed by atoms with E-state index in [4.69, 9.17) is 11.6 Å². The summed E-state index contributed by atoms with van der Waals surface area (Å²) in [5, 5.41) is 4.00. The summed E-state index contributed by atoms with van der Waals surface area (Å²) in [5.41, 5.74) is 0.979. The van der Waals surface area contributed by atoms with Gasteiger partial charge >= 0.3 is 0 Å². The molecule has 0 unspecified atom stereocenters. The molecule has 0 aromatic heterocycles. The first-order chi connectivity index (χ1) is 8.54. The Morgan fingerprint density at radius 1 is 1.17 bits per heavy atom. The Hall–Kier alpha value is -1.02. The topological polar surface area (TPSA) is 21.6 Å². The molecule has 0 N–H and O–H groups in total. The molecule has 0 fully saturated rings. The Bertz CT molecular complexity index is 205. The van der Waals surface area contributed by atoms with Gasteiger partial charge in [0.05, 0.1) is 0 Å². The van der Waals surface area contributed by atoms with Crippen molar-refractivity contribution in [3.05, 3.63) is 35.9 Å². The van der Waals surface area contributed by atoms with Crippen molar-refractivity contribution in [2.45, 2.75) is 48.5 Å². The third-order valence-corrected chi connectivity index (χ3v) is 0.984. The van der Waals surface area contributed by atoms with Gasteiger partial charge in [-0.15, -0.1) is 0 Å². The Balaban J connectivity index is -0.0000000869. The average molecular weight is 276 g/mol. The maximum Gasteiger partial charge on any atom is 0.114 e. The van der Waals surface area contributed by atoms with E-state index in [9.17, 15) is 0 Å². The Labute approximate surface area is 119 Å². The molecule has 0 aliphatic carbocycles. The fraction of sp³-hybridized carbons (Fsp3) is 0.533. The van der Waals surface area contributed by atoms with E-state index < -0.39 is 0 Å². The van der Waals surface area contributed by atoms with E-state index >= 15 is 0 Å². The van der Waals surface area contributed by atoms with Crippen molar-refractivity contribution < 1.29 is 4.84 Å². The van der Waals surface area contributed by atoms with Crippen molar-refractivity contribution >= 4 is 17.8 Å². The maximum atomic E-state index is 5.40. The monoisotopic (exact) mass is 275 g/mol. The van der Waals surface area contributed by atoms with Crippen molar-refractivity contribution in [3.8, 4) is 0 Å². The van der Waals surface area contributed by atoms with E-state index in [0.29, 0.717) is 11.6 Å². The van der Waals surface area contributed by atoms with Crippen LogP contribution in [0.15, 0.2) is 41.1 Å². The van der Waals surface area contributed by atoms with Gasteiger partial charge in [0.25, 0.3) is 0 Å². The van der Waals surface area contributed by atoms with Gasteiger partial charge in [0.1, 0.15) is 6.61 Å². The number of allylic oxidation sites excluding steroid dienone is 4. The van der Waals surface area contributed by atoms with Gasteiger partial charge in [-0.3, -0.25) is 0 Å². The van der Waals surface area contributed by atoms with Gasteiger partial charge in [-0.1, -0.05) is 69.3 Å². The number of nitrogens with zero attached hydrogens (tertiary/aromatic N) is 1.